The van der Waals surface area contributed by atoms with E-state index < -0.39 is 0 Å². The van der Waals surface area contributed by atoms with Gasteiger partial charge in [0.05, 0.1) is 17.4 Å². The molecule has 23 heavy (non-hydrogen) atoms. The van der Waals surface area contributed by atoms with Crippen molar-refractivity contribution in [2.45, 2.75) is 6.42 Å². The number of carbonyl (C=O) groups is 1. The van der Waals surface area contributed by atoms with Crippen LogP contribution in [0.3, 0.4) is 0 Å². The summed E-state index contributed by atoms with van der Waals surface area (Å²) in [6.45, 7) is 2.37. The van der Waals surface area contributed by atoms with E-state index in [2.05, 4.69) is 33.4 Å². The second-order valence-corrected chi connectivity index (χ2v) is 6.02. The number of hydrogen-bond donors (Lipinski definition) is 1. The molecule has 0 atom stereocenters. The molecule has 2 aromatic rings. The summed E-state index contributed by atoms with van der Waals surface area (Å²) in [5.74, 6) is -0.0753. The Morgan fingerprint density at radius 3 is 2.96 bits per heavy atom. The number of carbonyl (C=O) groups excluding carboxylic acids is 1. The molecule has 1 aliphatic heterocycles. The highest BCUT2D eigenvalue weighted by Crippen LogP contribution is 2.33. The summed E-state index contributed by atoms with van der Waals surface area (Å²) in [7, 11) is 3.97. The third-order valence-corrected chi connectivity index (χ3v) is 4.03. The fourth-order valence-corrected chi connectivity index (χ4v) is 2.80. The second kappa shape index (κ2) is 6.79. The van der Waals surface area contributed by atoms with Crippen LogP contribution in [0.2, 0.25) is 0 Å². The normalized spacial score (nSPS) is 13.3. The standard InChI is InChI=1S/C18H22N4O/c1-21(2)10-8-20-18(23)15-11-16(13-19-12-15)22-9-7-14-5-3-4-6-17(14)22/h3-6,11-13H,7-10H2,1-2H3,(H,20,23). The number of nitrogens with one attached hydrogen (secondary N) is 1. The zero-order valence-corrected chi connectivity index (χ0v) is 13.6. The van der Waals surface area contributed by atoms with E-state index in [1.165, 1.54) is 11.3 Å². The lowest BCUT2D eigenvalue weighted by atomic mass is 10.2. The molecular weight excluding hydrogens is 288 g/mol. The molecule has 3 rings (SSSR count). The molecule has 0 saturated carbocycles. The van der Waals surface area contributed by atoms with E-state index in [4.69, 9.17) is 0 Å². The zero-order chi connectivity index (χ0) is 16.2. The Hall–Kier alpha value is -2.40. The highest BCUT2D eigenvalue weighted by molar-refractivity contribution is 5.95. The molecule has 0 spiro atoms. The predicted molar refractivity (Wildman–Crippen MR) is 92.3 cm³/mol. The number of likely N-dealkylation sites (N-methyl/N-ethyl adjacent to an activating group) is 1. The van der Waals surface area contributed by atoms with Crippen LogP contribution in [0.4, 0.5) is 11.4 Å². The number of rotatable bonds is 5. The second-order valence-electron chi connectivity index (χ2n) is 6.02. The van der Waals surface area contributed by atoms with Gasteiger partial charge in [0.15, 0.2) is 0 Å². The van der Waals surface area contributed by atoms with Gasteiger partial charge < -0.3 is 15.1 Å². The van der Waals surface area contributed by atoms with Crippen LogP contribution in [0, 0.1) is 0 Å². The highest BCUT2D eigenvalue weighted by Gasteiger charge is 2.20. The fraction of sp³-hybridized carbons (Fsp3) is 0.333. The first-order chi connectivity index (χ1) is 11.1. The van der Waals surface area contributed by atoms with Crippen LogP contribution in [0.1, 0.15) is 15.9 Å². The number of para-hydroxylation sites is 1. The average molecular weight is 310 g/mol. The Balaban J connectivity index is 1.75. The summed E-state index contributed by atoms with van der Waals surface area (Å²) < 4.78 is 0. The monoisotopic (exact) mass is 310 g/mol. The van der Waals surface area contributed by atoms with Crippen molar-refractivity contribution < 1.29 is 4.79 Å². The van der Waals surface area contributed by atoms with E-state index >= 15 is 0 Å². The van der Waals surface area contributed by atoms with Crippen molar-refractivity contribution in [1.82, 2.24) is 15.2 Å². The van der Waals surface area contributed by atoms with Gasteiger partial charge in [-0.3, -0.25) is 9.78 Å². The Kier molecular flexibility index (Phi) is 4.57. The van der Waals surface area contributed by atoms with Crippen molar-refractivity contribution in [2.24, 2.45) is 0 Å². The van der Waals surface area contributed by atoms with Gasteiger partial charge in [-0.2, -0.15) is 0 Å². The molecule has 0 bridgehead atoms. The number of pyridine rings is 1. The molecule has 5 nitrogen and oxygen atoms in total. The molecule has 0 unspecified atom stereocenters. The summed E-state index contributed by atoms with van der Waals surface area (Å²) in [5, 5.41) is 2.93. The Bertz CT molecular complexity index is 699. The summed E-state index contributed by atoms with van der Waals surface area (Å²) in [6, 6.07) is 10.3. The van der Waals surface area contributed by atoms with Crippen molar-refractivity contribution in [3.8, 4) is 0 Å². The molecule has 0 saturated heterocycles. The molecule has 0 aliphatic carbocycles. The number of amides is 1. The topological polar surface area (TPSA) is 48.5 Å². The van der Waals surface area contributed by atoms with Crippen molar-refractivity contribution in [2.75, 3.05) is 38.6 Å². The first kappa shape index (κ1) is 15.5. The quantitative estimate of drug-likeness (QED) is 0.918. The summed E-state index contributed by atoms with van der Waals surface area (Å²) in [4.78, 5) is 20.8. The van der Waals surface area contributed by atoms with Crippen LogP contribution < -0.4 is 10.2 Å². The van der Waals surface area contributed by atoms with E-state index in [9.17, 15) is 4.79 Å². The molecule has 1 aromatic carbocycles. The van der Waals surface area contributed by atoms with Crippen LogP contribution in [0.5, 0.6) is 0 Å². The Morgan fingerprint density at radius 2 is 2.13 bits per heavy atom. The van der Waals surface area contributed by atoms with Crippen molar-refractivity contribution in [3.05, 3.63) is 53.9 Å². The molecule has 0 fully saturated rings. The van der Waals surface area contributed by atoms with Gasteiger partial charge in [0.25, 0.3) is 5.91 Å². The number of benzene rings is 1. The number of hydrogen-bond acceptors (Lipinski definition) is 4. The maximum absolute atomic E-state index is 12.3. The van der Waals surface area contributed by atoms with Crippen molar-refractivity contribution >= 4 is 17.3 Å². The van der Waals surface area contributed by atoms with Gasteiger partial charge in [-0.1, -0.05) is 18.2 Å². The lowest BCUT2D eigenvalue weighted by Gasteiger charge is -2.19. The molecule has 1 amide bonds. The van der Waals surface area contributed by atoms with Crippen LogP contribution in [-0.2, 0) is 6.42 Å². The van der Waals surface area contributed by atoms with Gasteiger partial charge in [0.1, 0.15) is 0 Å². The van der Waals surface area contributed by atoms with E-state index in [-0.39, 0.29) is 5.91 Å². The molecule has 1 aromatic heterocycles. The lowest BCUT2D eigenvalue weighted by molar-refractivity contribution is 0.0950. The van der Waals surface area contributed by atoms with Crippen LogP contribution in [-0.4, -0.2) is 49.5 Å². The predicted octanol–water partition coefficient (Wildman–Crippen LogP) is 2.07. The third kappa shape index (κ3) is 3.51. The largest absolute Gasteiger partial charge is 0.351 e. The number of fused-ring (bicyclic) bond motifs is 1. The minimum absolute atomic E-state index is 0.0753. The third-order valence-electron chi connectivity index (χ3n) is 4.03. The van der Waals surface area contributed by atoms with E-state index in [1.54, 1.807) is 6.20 Å². The molecule has 1 aliphatic rings. The van der Waals surface area contributed by atoms with Gasteiger partial charge >= 0.3 is 0 Å². The van der Waals surface area contributed by atoms with Crippen LogP contribution >= 0.6 is 0 Å². The highest BCUT2D eigenvalue weighted by atomic mass is 16.1. The van der Waals surface area contributed by atoms with Crippen LogP contribution in [0.15, 0.2) is 42.7 Å². The number of nitrogens with zero attached hydrogens (tertiary/aromatic N) is 3. The Morgan fingerprint density at radius 1 is 1.30 bits per heavy atom. The molecule has 2 heterocycles. The minimum atomic E-state index is -0.0753. The first-order valence-electron chi connectivity index (χ1n) is 7.88. The van der Waals surface area contributed by atoms with Gasteiger partial charge in [-0.15, -0.1) is 0 Å². The molecule has 1 N–H and O–H groups in total. The first-order valence-corrected chi connectivity index (χ1v) is 7.88. The summed E-state index contributed by atoms with van der Waals surface area (Å²) in [6.07, 6.45) is 4.46. The molecule has 120 valence electrons. The summed E-state index contributed by atoms with van der Waals surface area (Å²) in [5.41, 5.74) is 4.12. The van der Waals surface area contributed by atoms with E-state index in [0.717, 1.165) is 25.2 Å². The van der Waals surface area contributed by atoms with Gasteiger partial charge in [0.2, 0.25) is 0 Å². The maximum atomic E-state index is 12.3. The minimum Gasteiger partial charge on any atom is -0.351 e. The van der Waals surface area contributed by atoms with E-state index in [1.807, 2.05) is 37.3 Å². The zero-order valence-electron chi connectivity index (χ0n) is 13.6. The SMILES string of the molecule is CN(C)CCNC(=O)c1cncc(N2CCc3ccccc32)c1. The molecule has 0 radical (unpaired) electrons. The van der Waals surface area contributed by atoms with Gasteiger partial charge in [-0.05, 0) is 38.2 Å². The lowest BCUT2D eigenvalue weighted by Crippen LogP contribution is -2.31. The van der Waals surface area contributed by atoms with Crippen molar-refractivity contribution in [1.29, 1.82) is 0 Å². The van der Waals surface area contributed by atoms with Gasteiger partial charge in [0, 0.05) is 31.5 Å². The molecule has 5 heteroatoms. The van der Waals surface area contributed by atoms with Crippen molar-refractivity contribution in [3.63, 3.8) is 0 Å². The van der Waals surface area contributed by atoms with Gasteiger partial charge in [-0.25, -0.2) is 0 Å². The fourth-order valence-electron chi connectivity index (χ4n) is 2.80. The maximum Gasteiger partial charge on any atom is 0.252 e. The average Bonchev–Trinajstić information content (AvgIpc) is 2.98. The smallest absolute Gasteiger partial charge is 0.252 e. The molecular formula is C18H22N4O. The number of anilines is 2. The number of aromatic nitrogens is 1. The van der Waals surface area contributed by atoms with Crippen LogP contribution in [0.25, 0.3) is 0 Å². The Labute approximate surface area is 136 Å². The van der Waals surface area contributed by atoms with E-state index in [0.29, 0.717) is 12.1 Å². The summed E-state index contributed by atoms with van der Waals surface area (Å²) >= 11 is 0.